The number of carbonyl (C=O) groups excluding carboxylic acids is 1. The molecule has 0 radical (unpaired) electrons. The van der Waals surface area contributed by atoms with Crippen molar-refractivity contribution in [3.8, 4) is 0 Å². The number of allylic oxidation sites excluding steroid dienone is 1. The molecule has 0 saturated heterocycles. The van der Waals surface area contributed by atoms with Gasteiger partial charge in [-0.1, -0.05) is 18.2 Å². The molecule has 1 aromatic carbocycles. The van der Waals surface area contributed by atoms with Crippen LogP contribution < -0.4 is 5.32 Å². The lowest BCUT2D eigenvalue weighted by molar-refractivity contribution is -0.112. The standard InChI is InChI=1S/C12H11NO4S/c1-9-11(18(15,16)8-7-17-9)12(14)13-10-5-3-2-4-6-10/h2-8H,1H3,(H,13,14). The Labute approximate surface area is 105 Å². The molecule has 0 saturated carbocycles. The van der Waals surface area contributed by atoms with Gasteiger partial charge in [0.2, 0.25) is 9.84 Å². The Morgan fingerprint density at radius 2 is 1.89 bits per heavy atom. The second-order valence-corrected chi connectivity index (χ2v) is 5.41. The minimum Gasteiger partial charge on any atom is -0.467 e. The number of para-hydroxylation sites is 1. The molecule has 2 rings (SSSR count). The van der Waals surface area contributed by atoms with Gasteiger partial charge in [0.05, 0.1) is 5.41 Å². The Morgan fingerprint density at radius 3 is 2.50 bits per heavy atom. The Kier molecular flexibility index (Phi) is 3.20. The first kappa shape index (κ1) is 12.4. The summed E-state index contributed by atoms with van der Waals surface area (Å²) < 4.78 is 28.4. The van der Waals surface area contributed by atoms with E-state index in [4.69, 9.17) is 4.74 Å². The third-order valence-corrected chi connectivity index (χ3v) is 3.83. The summed E-state index contributed by atoms with van der Waals surface area (Å²) in [6.07, 6.45) is 1.05. The highest BCUT2D eigenvalue weighted by Gasteiger charge is 2.29. The highest BCUT2D eigenvalue weighted by Crippen LogP contribution is 2.22. The summed E-state index contributed by atoms with van der Waals surface area (Å²) >= 11 is 0. The number of hydrogen-bond donors (Lipinski definition) is 1. The van der Waals surface area contributed by atoms with E-state index in [1.165, 1.54) is 6.92 Å². The summed E-state index contributed by atoms with van der Waals surface area (Å²) in [5, 5.41) is 3.37. The van der Waals surface area contributed by atoms with Crippen molar-refractivity contribution in [1.29, 1.82) is 0 Å². The van der Waals surface area contributed by atoms with Gasteiger partial charge in [-0.15, -0.1) is 0 Å². The lowest BCUT2D eigenvalue weighted by atomic mass is 10.3. The normalized spacial score (nSPS) is 17.2. The van der Waals surface area contributed by atoms with Crippen LogP contribution in [-0.4, -0.2) is 14.3 Å². The highest BCUT2D eigenvalue weighted by atomic mass is 32.2. The fourth-order valence-electron chi connectivity index (χ4n) is 1.52. The number of ether oxygens (including phenoxy) is 1. The topological polar surface area (TPSA) is 72.5 Å². The zero-order chi connectivity index (χ0) is 13.2. The summed E-state index contributed by atoms with van der Waals surface area (Å²) in [5.41, 5.74) is 0.521. The summed E-state index contributed by atoms with van der Waals surface area (Å²) in [7, 11) is -3.73. The maximum absolute atomic E-state index is 11.9. The number of nitrogens with one attached hydrogen (secondary N) is 1. The van der Waals surface area contributed by atoms with Crippen LogP contribution in [0.4, 0.5) is 5.69 Å². The predicted octanol–water partition coefficient (Wildman–Crippen LogP) is 1.77. The minimum absolute atomic E-state index is 0.0610. The number of anilines is 1. The molecular weight excluding hydrogens is 254 g/mol. The zero-order valence-electron chi connectivity index (χ0n) is 9.58. The van der Waals surface area contributed by atoms with Gasteiger partial charge < -0.3 is 10.1 Å². The first-order chi connectivity index (χ1) is 8.50. The van der Waals surface area contributed by atoms with Crippen LogP contribution in [0.15, 0.2) is 52.7 Å². The van der Waals surface area contributed by atoms with Crippen LogP contribution in [0, 0.1) is 0 Å². The molecule has 94 valence electrons. The fraction of sp³-hybridized carbons (Fsp3) is 0.0833. The maximum atomic E-state index is 11.9. The van der Waals surface area contributed by atoms with Crippen LogP contribution in [0.5, 0.6) is 0 Å². The molecule has 1 aromatic rings. The monoisotopic (exact) mass is 265 g/mol. The Morgan fingerprint density at radius 1 is 1.22 bits per heavy atom. The van der Waals surface area contributed by atoms with Crippen molar-refractivity contribution in [3.63, 3.8) is 0 Å². The van der Waals surface area contributed by atoms with Crippen molar-refractivity contribution in [2.75, 3.05) is 5.32 Å². The largest absolute Gasteiger partial charge is 0.467 e. The van der Waals surface area contributed by atoms with E-state index in [1.807, 2.05) is 0 Å². The van der Waals surface area contributed by atoms with E-state index >= 15 is 0 Å². The number of rotatable bonds is 2. The van der Waals surface area contributed by atoms with Crippen molar-refractivity contribution >= 4 is 21.4 Å². The smallest absolute Gasteiger partial charge is 0.271 e. The molecule has 1 aliphatic heterocycles. The number of hydrogen-bond acceptors (Lipinski definition) is 4. The van der Waals surface area contributed by atoms with Crippen molar-refractivity contribution in [3.05, 3.63) is 52.7 Å². The maximum Gasteiger partial charge on any atom is 0.271 e. The van der Waals surface area contributed by atoms with Gasteiger partial charge in [-0.25, -0.2) is 8.42 Å². The van der Waals surface area contributed by atoms with Crippen LogP contribution in [-0.2, 0) is 19.4 Å². The van der Waals surface area contributed by atoms with Gasteiger partial charge in [0.1, 0.15) is 12.0 Å². The molecule has 0 aromatic heterocycles. The molecule has 0 atom stereocenters. The van der Waals surface area contributed by atoms with E-state index in [0.717, 1.165) is 11.7 Å². The zero-order valence-corrected chi connectivity index (χ0v) is 10.4. The van der Waals surface area contributed by atoms with Crippen LogP contribution in [0.3, 0.4) is 0 Å². The SMILES string of the molecule is CC1=C(C(=O)Nc2ccccc2)S(=O)(=O)C=CO1. The van der Waals surface area contributed by atoms with Crippen LogP contribution in [0.2, 0.25) is 0 Å². The number of carbonyl (C=O) groups is 1. The molecule has 1 N–H and O–H groups in total. The molecule has 1 amide bonds. The third kappa shape index (κ3) is 2.43. The molecule has 1 heterocycles. The van der Waals surface area contributed by atoms with Gasteiger partial charge in [-0.2, -0.15) is 0 Å². The van der Waals surface area contributed by atoms with Gasteiger partial charge in [-0.05, 0) is 19.1 Å². The predicted molar refractivity (Wildman–Crippen MR) is 66.9 cm³/mol. The van der Waals surface area contributed by atoms with Crippen molar-refractivity contribution in [2.45, 2.75) is 6.92 Å². The Hall–Kier alpha value is -2.08. The van der Waals surface area contributed by atoms with Gasteiger partial charge >= 0.3 is 0 Å². The van der Waals surface area contributed by atoms with E-state index in [1.54, 1.807) is 30.3 Å². The highest BCUT2D eigenvalue weighted by molar-refractivity contribution is 7.99. The summed E-state index contributed by atoms with van der Waals surface area (Å²) in [6, 6.07) is 8.61. The fourth-order valence-corrected chi connectivity index (χ4v) is 2.62. The van der Waals surface area contributed by atoms with Gasteiger partial charge in [0, 0.05) is 5.69 Å². The molecule has 5 nitrogen and oxygen atoms in total. The first-order valence-electron chi connectivity index (χ1n) is 5.16. The molecule has 0 unspecified atom stereocenters. The second-order valence-electron chi connectivity index (χ2n) is 3.64. The van der Waals surface area contributed by atoms with E-state index < -0.39 is 15.7 Å². The molecule has 0 fully saturated rings. The average molecular weight is 265 g/mol. The lowest BCUT2D eigenvalue weighted by Crippen LogP contribution is -2.23. The molecule has 6 heteroatoms. The van der Waals surface area contributed by atoms with Crippen LogP contribution in [0.1, 0.15) is 6.92 Å². The Bertz CT molecular complexity index is 629. The molecule has 1 aliphatic rings. The van der Waals surface area contributed by atoms with Gasteiger partial charge in [0.15, 0.2) is 4.91 Å². The number of sulfone groups is 1. The van der Waals surface area contributed by atoms with Crippen LogP contribution in [0.25, 0.3) is 0 Å². The van der Waals surface area contributed by atoms with Crippen LogP contribution >= 0.6 is 0 Å². The summed E-state index contributed by atoms with van der Waals surface area (Å²) in [4.78, 5) is 11.6. The Balaban J connectivity index is 2.29. The average Bonchev–Trinajstić information content (AvgIpc) is 2.28. The van der Waals surface area contributed by atoms with E-state index in [2.05, 4.69) is 5.32 Å². The van der Waals surface area contributed by atoms with Crippen molar-refractivity contribution < 1.29 is 17.9 Å². The molecule has 0 aliphatic carbocycles. The molecule has 18 heavy (non-hydrogen) atoms. The minimum atomic E-state index is -3.73. The van der Waals surface area contributed by atoms with E-state index in [9.17, 15) is 13.2 Å². The quantitative estimate of drug-likeness (QED) is 0.884. The lowest BCUT2D eigenvalue weighted by Gasteiger charge is -2.13. The number of amides is 1. The van der Waals surface area contributed by atoms with Gasteiger partial charge in [0.25, 0.3) is 5.91 Å². The third-order valence-electron chi connectivity index (χ3n) is 2.32. The van der Waals surface area contributed by atoms with E-state index in [-0.39, 0.29) is 10.7 Å². The second kappa shape index (κ2) is 4.66. The van der Waals surface area contributed by atoms with Gasteiger partial charge in [-0.3, -0.25) is 4.79 Å². The molecule has 0 bridgehead atoms. The van der Waals surface area contributed by atoms with Crippen molar-refractivity contribution in [1.82, 2.24) is 0 Å². The van der Waals surface area contributed by atoms with Crippen molar-refractivity contribution in [2.24, 2.45) is 0 Å². The summed E-state index contributed by atoms with van der Waals surface area (Å²) in [5.74, 6) is -0.644. The summed E-state index contributed by atoms with van der Waals surface area (Å²) in [6.45, 7) is 1.43. The number of benzene rings is 1. The first-order valence-corrected chi connectivity index (χ1v) is 6.71. The van der Waals surface area contributed by atoms with E-state index in [0.29, 0.717) is 5.69 Å². The molecular formula is C12H11NO4S. The molecule has 0 spiro atoms.